The highest BCUT2D eigenvalue weighted by Gasteiger charge is 2.39. The second-order valence-electron chi connectivity index (χ2n) is 12.6. The number of aromatic nitrogens is 2. The van der Waals surface area contributed by atoms with Crippen LogP contribution in [0.5, 0.6) is 0 Å². The summed E-state index contributed by atoms with van der Waals surface area (Å²) in [5, 5.41) is 12.4. The Bertz CT molecular complexity index is 1150. The average molecular weight is 524 g/mol. The molecular weight excluding hydrogens is 482 g/mol. The van der Waals surface area contributed by atoms with Crippen molar-refractivity contribution in [3.05, 3.63) is 36.2 Å². The van der Waals surface area contributed by atoms with Crippen LogP contribution in [0.4, 0.5) is 9.59 Å². The lowest BCUT2D eigenvalue weighted by Gasteiger charge is -2.39. The van der Waals surface area contributed by atoms with Crippen LogP contribution in [-0.2, 0) is 9.47 Å². The lowest BCUT2D eigenvalue weighted by atomic mass is 9.79. The highest BCUT2D eigenvalue weighted by molar-refractivity contribution is 5.92. The topological polar surface area (TPSA) is 118 Å². The highest BCUT2D eigenvalue weighted by Crippen LogP contribution is 2.36. The second kappa shape index (κ2) is 11.0. The number of nitrogens with one attached hydrogen (secondary N) is 2. The fourth-order valence-corrected chi connectivity index (χ4v) is 4.64. The summed E-state index contributed by atoms with van der Waals surface area (Å²) in [5.41, 5.74) is 1.81. The van der Waals surface area contributed by atoms with Crippen LogP contribution < -0.4 is 5.32 Å². The molecule has 0 saturated heterocycles. The van der Waals surface area contributed by atoms with Crippen LogP contribution in [0.15, 0.2) is 30.5 Å². The Kier molecular flexibility index (Phi) is 8.06. The van der Waals surface area contributed by atoms with Crippen LogP contribution in [0.2, 0.25) is 0 Å². The molecular formula is C29H41N5O4. The van der Waals surface area contributed by atoms with E-state index in [9.17, 15) is 9.59 Å². The molecule has 1 atom stereocenters. The maximum Gasteiger partial charge on any atom is 0.419 e. The minimum atomic E-state index is -0.715. The number of nitrogens with zero attached hydrogens (tertiary/aromatic N) is 3. The summed E-state index contributed by atoms with van der Waals surface area (Å²) in [4.78, 5) is 36.1. The molecule has 0 spiro atoms. The van der Waals surface area contributed by atoms with E-state index in [1.54, 1.807) is 47.7 Å². The summed E-state index contributed by atoms with van der Waals surface area (Å²) in [7, 11) is 0. The first-order valence-corrected chi connectivity index (χ1v) is 13.6. The van der Waals surface area contributed by atoms with Crippen molar-refractivity contribution in [3.8, 4) is 0 Å². The Hall–Kier alpha value is -3.07. The van der Waals surface area contributed by atoms with Gasteiger partial charge in [-0.3, -0.25) is 4.98 Å². The van der Waals surface area contributed by atoms with Crippen LogP contribution in [0.1, 0.15) is 78.8 Å². The number of ether oxygens (including phenoxy) is 2. The summed E-state index contributed by atoms with van der Waals surface area (Å²) in [5.74, 6) is 0.355. The molecule has 2 amide bonds. The van der Waals surface area contributed by atoms with Crippen molar-refractivity contribution >= 4 is 28.9 Å². The first kappa shape index (κ1) is 28.0. The molecule has 4 rings (SSSR count). The molecule has 9 heteroatoms. The third-order valence-corrected chi connectivity index (χ3v) is 6.73. The molecule has 0 bridgehead atoms. The summed E-state index contributed by atoms with van der Waals surface area (Å²) >= 11 is 0. The summed E-state index contributed by atoms with van der Waals surface area (Å²) in [6.07, 6.45) is 4.19. The smallest absolute Gasteiger partial charge is 0.419 e. The Balaban J connectivity index is 1.36. The van der Waals surface area contributed by atoms with E-state index in [0.29, 0.717) is 12.5 Å². The Morgan fingerprint density at radius 2 is 1.61 bits per heavy atom. The van der Waals surface area contributed by atoms with Gasteiger partial charge in [-0.25, -0.2) is 19.5 Å². The van der Waals surface area contributed by atoms with Crippen molar-refractivity contribution in [1.29, 1.82) is 5.41 Å². The Labute approximate surface area is 225 Å². The van der Waals surface area contributed by atoms with Crippen LogP contribution in [0.3, 0.4) is 0 Å². The lowest BCUT2D eigenvalue weighted by molar-refractivity contribution is -0.00529. The molecule has 2 aliphatic rings. The van der Waals surface area contributed by atoms with Crippen LogP contribution in [0.25, 0.3) is 11.0 Å². The van der Waals surface area contributed by atoms with Crippen molar-refractivity contribution in [2.24, 2.45) is 11.8 Å². The molecule has 0 aliphatic heterocycles. The highest BCUT2D eigenvalue weighted by atomic mass is 16.6. The molecule has 0 radical (unpaired) electrons. The molecule has 2 aliphatic carbocycles. The molecule has 2 aromatic rings. The van der Waals surface area contributed by atoms with Crippen LogP contribution in [-0.4, -0.2) is 63.1 Å². The van der Waals surface area contributed by atoms with Gasteiger partial charge in [-0.2, -0.15) is 0 Å². The molecule has 2 saturated carbocycles. The van der Waals surface area contributed by atoms with Crippen molar-refractivity contribution in [1.82, 2.24) is 20.2 Å². The molecule has 38 heavy (non-hydrogen) atoms. The van der Waals surface area contributed by atoms with E-state index in [2.05, 4.69) is 10.3 Å². The van der Waals surface area contributed by atoms with Gasteiger partial charge in [0, 0.05) is 31.0 Å². The van der Waals surface area contributed by atoms with Gasteiger partial charge in [0.15, 0.2) is 0 Å². The lowest BCUT2D eigenvalue weighted by Crippen LogP contribution is -2.51. The molecule has 1 aromatic heterocycles. The zero-order valence-corrected chi connectivity index (χ0v) is 23.4. The molecule has 9 nitrogen and oxygen atoms in total. The first-order valence-electron chi connectivity index (χ1n) is 13.6. The number of benzene rings is 1. The summed E-state index contributed by atoms with van der Waals surface area (Å²) in [6.45, 7) is 11.5. The number of fused-ring (bicyclic) bond motifs is 1. The van der Waals surface area contributed by atoms with Gasteiger partial charge in [-0.05, 0) is 91.2 Å². The first-order chi connectivity index (χ1) is 17.8. The fourth-order valence-electron chi connectivity index (χ4n) is 4.64. The van der Waals surface area contributed by atoms with Gasteiger partial charge >= 0.3 is 12.2 Å². The summed E-state index contributed by atoms with van der Waals surface area (Å²) < 4.78 is 11.0. The third kappa shape index (κ3) is 7.49. The van der Waals surface area contributed by atoms with E-state index in [1.807, 2.05) is 24.3 Å². The van der Waals surface area contributed by atoms with Gasteiger partial charge in [0.05, 0.1) is 22.6 Å². The summed E-state index contributed by atoms with van der Waals surface area (Å²) in [6, 6.07) is 8.03. The van der Waals surface area contributed by atoms with Gasteiger partial charge in [0.25, 0.3) is 0 Å². The number of hydrogen-bond acceptors (Lipinski definition) is 8. The molecule has 1 heterocycles. The SMILES string of the molecule is CC(C)(C)OC(=O)N(CC1CC(NCC(C(=N)C2CC2)c2cnc3ccccc3n2)C1)C(=O)OC(C)(C)C. The quantitative estimate of drug-likeness (QED) is 0.427. The predicted molar refractivity (Wildman–Crippen MR) is 146 cm³/mol. The molecule has 2 fully saturated rings. The average Bonchev–Trinajstić information content (AvgIpc) is 3.62. The van der Waals surface area contributed by atoms with E-state index < -0.39 is 23.4 Å². The van der Waals surface area contributed by atoms with Gasteiger partial charge < -0.3 is 20.2 Å². The minimum Gasteiger partial charge on any atom is -0.443 e. The van der Waals surface area contributed by atoms with Gasteiger partial charge in [0.1, 0.15) is 11.2 Å². The molecule has 1 unspecified atom stereocenters. The number of imide groups is 1. The van der Waals surface area contributed by atoms with Gasteiger partial charge in [-0.15, -0.1) is 0 Å². The number of para-hydroxylation sites is 2. The molecule has 2 N–H and O–H groups in total. The van der Waals surface area contributed by atoms with E-state index in [-0.39, 0.29) is 24.4 Å². The zero-order chi connectivity index (χ0) is 27.7. The maximum atomic E-state index is 12.8. The second-order valence-corrected chi connectivity index (χ2v) is 12.6. The van der Waals surface area contributed by atoms with E-state index in [1.165, 1.54) is 0 Å². The van der Waals surface area contributed by atoms with Crippen molar-refractivity contribution in [2.45, 2.75) is 90.4 Å². The molecule has 206 valence electrons. The number of carbonyl (C=O) groups is 2. The Morgan fingerprint density at radius 1 is 1.03 bits per heavy atom. The number of amides is 2. The van der Waals surface area contributed by atoms with Gasteiger partial charge in [0.2, 0.25) is 0 Å². The monoisotopic (exact) mass is 523 g/mol. The molecule has 1 aromatic carbocycles. The number of hydrogen-bond donors (Lipinski definition) is 2. The van der Waals surface area contributed by atoms with E-state index >= 15 is 0 Å². The standard InChI is InChI=1S/C29H41N5O4/c1-28(2,3)37-26(35)34(27(36)38-29(4,5)6)17-18-13-20(14-18)31-15-21(25(30)19-11-12-19)24-16-32-22-9-7-8-10-23(22)33-24/h7-10,16,18-21,30-31H,11-15,17H2,1-6H3. The Morgan fingerprint density at radius 3 is 2.16 bits per heavy atom. The fraction of sp³-hybridized carbons (Fsp3) is 0.621. The third-order valence-electron chi connectivity index (χ3n) is 6.73. The predicted octanol–water partition coefficient (Wildman–Crippen LogP) is 5.68. The maximum absolute atomic E-state index is 12.8. The zero-order valence-electron chi connectivity index (χ0n) is 23.4. The van der Waals surface area contributed by atoms with Crippen molar-refractivity contribution in [3.63, 3.8) is 0 Å². The van der Waals surface area contributed by atoms with Crippen LogP contribution in [0, 0.1) is 17.2 Å². The number of carbonyl (C=O) groups excluding carboxylic acids is 2. The normalized spacial score (nSPS) is 20.4. The van der Waals surface area contributed by atoms with E-state index in [0.717, 1.165) is 53.0 Å². The van der Waals surface area contributed by atoms with Crippen molar-refractivity contribution in [2.75, 3.05) is 13.1 Å². The van der Waals surface area contributed by atoms with E-state index in [4.69, 9.17) is 19.9 Å². The van der Waals surface area contributed by atoms with Crippen molar-refractivity contribution < 1.29 is 19.1 Å². The van der Waals surface area contributed by atoms with Crippen LogP contribution >= 0.6 is 0 Å². The number of rotatable bonds is 8. The minimum absolute atomic E-state index is 0.126. The van der Waals surface area contributed by atoms with Gasteiger partial charge in [-0.1, -0.05) is 12.1 Å². The largest absolute Gasteiger partial charge is 0.443 e.